The van der Waals surface area contributed by atoms with Crippen molar-refractivity contribution < 1.29 is 67.1 Å². The zero-order valence-corrected chi connectivity index (χ0v) is 32.9. The van der Waals surface area contributed by atoms with Gasteiger partial charge in [0.15, 0.2) is 10.8 Å². The molecule has 0 fully saturated rings. The van der Waals surface area contributed by atoms with Crippen LogP contribution in [0.4, 0.5) is 11.4 Å². The monoisotopic (exact) mass is 861 g/mol. The standard InChI is InChI=1S/C37H41N3O17P2/c41-21-5-6-24-28(19-21)57-36-25(31(24)22-3-1-2-4-23(22)37(46)47)7-8-27(42)26(36)20-40-33-32(34(44)35(33)45)39-12-14-55-16-18-56-17-15-54-13-11-38-29(43)9-10-30(58(48,49)50)59(51,52)53/h1-8,19,30,39-41H,9-18,20H2,(H,38,43)(H,46,47)(H2,48,49,50)(H2,51,52,53). The molecule has 0 saturated heterocycles. The predicted octanol–water partition coefficient (Wildman–Crippen LogP) is 2.22. The molecule has 0 saturated carbocycles. The number of ether oxygens (including phenoxy) is 3. The van der Waals surface area contributed by atoms with Crippen LogP contribution in [0.3, 0.4) is 0 Å². The number of carbonyl (C=O) groups is 2. The fraction of sp³-hybridized carbons (Fsp3) is 0.324. The molecule has 0 spiro atoms. The maximum Gasteiger partial charge on any atom is 0.340 e. The first-order chi connectivity index (χ1) is 28.0. The molecule has 5 rings (SSSR count). The molecule has 2 aliphatic rings. The number of aromatic hydroxyl groups is 1. The van der Waals surface area contributed by atoms with Crippen molar-refractivity contribution in [2.45, 2.75) is 24.8 Å². The molecule has 22 heteroatoms. The van der Waals surface area contributed by atoms with Gasteiger partial charge in [0.2, 0.25) is 5.91 Å². The van der Waals surface area contributed by atoms with E-state index >= 15 is 0 Å². The number of benzene rings is 3. The molecule has 20 nitrogen and oxygen atoms in total. The third-order valence-electron chi connectivity index (χ3n) is 8.98. The van der Waals surface area contributed by atoms with Crippen LogP contribution in [0.2, 0.25) is 0 Å². The Hall–Kier alpha value is -5.27. The summed E-state index contributed by atoms with van der Waals surface area (Å²) in [5.41, 5.74) is -0.554. The fourth-order valence-corrected chi connectivity index (χ4v) is 8.66. The van der Waals surface area contributed by atoms with E-state index in [1.54, 1.807) is 24.3 Å². The molecule has 0 unspecified atom stereocenters. The quantitative estimate of drug-likeness (QED) is 0.0197. The minimum Gasteiger partial charge on any atom is -0.508 e. The molecular weight excluding hydrogens is 820 g/mol. The van der Waals surface area contributed by atoms with Gasteiger partial charge in [0, 0.05) is 48.6 Å². The van der Waals surface area contributed by atoms with Crippen molar-refractivity contribution in [2.75, 3.05) is 63.4 Å². The molecule has 1 amide bonds. The van der Waals surface area contributed by atoms with Gasteiger partial charge >= 0.3 is 21.2 Å². The summed E-state index contributed by atoms with van der Waals surface area (Å²) >= 11 is 0. The Morgan fingerprint density at radius 3 is 2.00 bits per heavy atom. The number of hydrogen-bond acceptors (Lipinski definition) is 14. The van der Waals surface area contributed by atoms with Crippen molar-refractivity contribution >= 4 is 49.4 Å². The summed E-state index contributed by atoms with van der Waals surface area (Å²) in [5, 5.41) is 26.5. The highest BCUT2D eigenvalue weighted by molar-refractivity contribution is 7.70. The van der Waals surface area contributed by atoms with Gasteiger partial charge in [-0.25, -0.2) is 4.79 Å². The van der Waals surface area contributed by atoms with E-state index < -0.39 is 61.6 Å². The Balaban J connectivity index is 1.06. The molecule has 59 heavy (non-hydrogen) atoms. The fourth-order valence-electron chi connectivity index (χ4n) is 6.16. The molecule has 316 valence electrons. The minimum absolute atomic E-state index is 0.00504. The van der Waals surface area contributed by atoms with Crippen molar-refractivity contribution in [2.24, 2.45) is 0 Å². The van der Waals surface area contributed by atoms with Gasteiger partial charge in [0.1, 0.15) is 28.5 Å². The summed E-state index contributed by atoms with van der Waals surface area (Å²) in [6.45, 7) is 0.887. The number of hydrogen-bond donors (Lipinski definition) is 9. The normalized spacial score (nSPS) is 12.1. The number of nitrogens with one attached hydrogen (secondary N) is 3. The lowest BCUT2D eigenvalue weighted by Crippen LogP contribution is -2.38. The lowest BCUT2D eigenvalue weighted by atomic mass is 9.89. The number of aromatic carboxylic acids is 1. The van der Waals surface area contributed by atoms with Crippen molar-refractivity contribution in [3.05, 3.63) is 96.4 Å². The molecule has 3 aromatic rings. The van der Waals surface area contributed by atoms with Crippen LogP contribution in [0.5, 0.6) is 5.75 Å². The van der Waals surface area contributed by atoms with E-state index in [-0.39, 0.29) is 98.9 Å². The van der Waals surface area contributed by atoms with Gasteiger partial charge in [-0.3, -0.25) is 28.3 Å². The van der Waals surface area contributed by atoms with E-state index in [0.29, 0.717) is 22.1 Å². The number of anilines is 2. The molecule has 1 aliphatic heterocycles. The van der Waals surface area contributed by atoms with Gasteiger partial charge < -0.3 is 64.4 Å². The van der Waals surface area contributed by atoms with Crippen LogP contribution < -0.4 is 32.2 Å². The maximum absolute atomic E-state index is 13.2. The second-order valence-electron chi connectivity index (χ2n) is 13.0. The van der Waals surface area contributed by atoms with Gasteiger partial charge in [0.25, 0.3) is 10.9 Å². The molecule has 0 atom stereocenters. The highest BCUT2D eigenvalue weighted by atomic mass is 31.2. The maximum atomic E-state index is 13.2. The van der Waals surface area contributed by atoms with E-state index in [1.807, 2.05) is 0 Å². The third kappa shape index (κ3) is 11.3. The van der Waals surface area contributed by atoms with Crippen LogP contribution in [0.15, 0.2) is 73.4 Å². The Kier molecular flexibility index (Phi) is 14.9. The first-order valence-electron chi connectivity index (χ1n) is 17.9. The first kappa shape index (κ1) is 44.8. The summed E-state index contributed by atoms with van der Waals surface area (Å²) in [4.78, 5) is 98.6. The zero-order valence-electron chi connectivity index (χ0n) is 31.1. The van der Waals surface area contributed by atoms with Crippen molar-refractivity contribution in [3.63, 3.8) is 0 Å². The number of rotatable bonds is 23. The van der Waals surface area contributed by atoms with Crippen molar-refractivity contribution in [1.29, 1.82) is 0 Å². The van der Waals surface area contributed by atoms with Crippen molar-refractivity contribution in [1.82, 2.24) is 5.32 Å². The SMILES string of the molecule is O=C(CCC(P(=O)(O)O)P(=O)(O)O)NCCOCCOCCOCCNc1c(NCc2c3oc4cc(O)ccc4c(-c4ccccc4C(=O)O)c-3ccc2=O)c(=O)c1=O. The Morgan fingerprint density at radius 1 is 0.746 bits per heavy atom. The Bertz CT molecular complexity index is 2480. The van der Waals surface area contributed by atoms with E-state index in [9.17, 15) is 43.3 Å². The van der Waals surface area contributed by atoms with Crippen LogP contribution in [0, 0.1) is 0 Å². The molecule has 0 bridgehead atoms. The van der Waals surface area contributed by atoms with E-state index in [4.69, 9.17) is 38.2 Å². The first-order valence-corrected chi connectivity index (χ1v) is 21.3. The third-order valence-corrected chi connectivity index (χ3v) is 12.9. The average Bonchev–Trinajstić information content (AvgIpc) is 3.17. The number of amides is 1. The second-order valence-corrected chi connectivity index (χ2v) is 17.0. The van der Waals surface area contributed by atoms with Crippen molar-refractivity contribution in [3.8, 4) is 28.2 Å². The minimum atomic E-state index is -5.10. The number of phenolic OH excluding ortho intramolecular Hbond substituents is 1. The Labute approximate surface area is 334 Å². The number of carbonyl (C=O) groups excluding carboxylic acids is 1. The van der Waals surface area contributed by atoms with Gasteiger partial charge in [-0.05, 0) is 42.3 Å². The van der Waals surface area contributed by atoms with Crippen LogP contribution in [0.1, 0.15) is 28.8 Å². The summed E-state index contributed by atoms with van der Waals surface area (Å²) < 4.78 is 44.9. The number of fused-ring (bicyclic) bond motifs is 2. The lowest BCUT2D eigenvalue weighted by molar-refractivity contribution is -0.121. The summed E-state index contributed by atoms with van der Waals surface area (Å²) in [6.07, 6.45) is -1.20. The smallest absolute Gasteiger partial charge is 0.340 e. The molecule has 1 heterocycles. The highest BCUT2D eigenvalue weighted by Crippen LogP contribution is 2.61. The van der Waals surface area contributed by atoms with Gasteiger partial charge in [-0.1, -0.05) is 18.2 Å². The van der Waals surface area contributed by atoms with Gasteiger partial charge in [-0.2, -0.15) is 0 Å². The predicted molar refractivity (Wildman–Crippen MR) is 213 cm³/mol. The van der Waals surface area contributed by atoms with E-state index in [2.05, 4.69) is 16.0 Å². The van der Waals surface area contributed by atoms with Crippen LogP contribution in [-0.2, 0) is 34.7 Å². The highest BCUT2D eigenvalue weighted by Gasteiger charge is 2.43. The lowest BCUT2D eigenvalue weighted by Gasteiger charge is -2.20. The molecule has 1 aliphatic carbocycles. The van der Waals surface area contributed by atoms with Gasteiger partial charge in [0.05, 0.1) is 50.8 Å². The molecule has 0 radical (unpaired) electrons. The zero-order chi connectivity index (χ0) is 42.9. The number of carboxylic acids is 1. The number of phenols is 1. The second kappa shape index (κ2) is 19.7. The van der Waals surface area contributed by atoms with Crippen LogP contribution in [-0.4, -0.2) is 99.8 Å². The van der Waals surface area contributed by atoms with Crippen LogP contribution >= 0.6 is 15.2 Å². The van der Waals surface area contributed by atoms with E-state index in [0.717, 1.165) is 0 Å². The number of carboxylic acid groups (broad SMARTS) is 1. The largest absolute Gasteiger partial charge is 0.508 e. The van der Waals surface area contributed by atoms with E-state index in [1.165, 1.54) is 30.3 Å². The Morgan fingerprint density at radius 2 is 1.36 bits per heavy atom. The molecule has 3 aromatic carbocycles. The van der Waals surface area contributed by atoms with Crippen LogP contribution in [0.25, 0.3) is 33.4 Å². The molecule has 9 N–H and O–H groups in total. The summed E-state index contributed by atoms with van der Waals surface area (Å²) in [6, 6.07) is 13.5. The van der Waals surface area contributed by atoms with Gasteiger partial charge in [-0.15, -0.1) is 0 Å². The summed E-state index contributed by atoms with van der Waals surface area (Å²) in [5.74, 6) is -1.86. The molecule has 0 aromatic heterocycles. The topological polar surface area (TPSA) is 318 Å². The summed E-state index contributed by atoms with van der Waals surface area (Å²) in [7, 11) is -10.2. The molecular formula is C37H41N3O17P2. The average molecular weight is 862 g/mol.